The number of carbonyl (C=O) groups excluding carboxylic acids is 1. The Morgan fingerprint density at radius 1 is 0.871 bits per heavy atom. The average Bonchev–Trinajstić information content (AvgIpc) is 2.79. The van der Waals surface area contributed by atoms with Crippen LogP contribution in [0.4, 0.5) is 5.69 Å². The van der Waals surface area contributed by atoms with Crippen LogP contribution in [0.5, 0.6) is 0 Å². The summed E-state index contributed by atoms with van der Waals surface area (Å²) < 4.78 is 0. The Kier molecular flexibility index (Phi) is 7.79. The molecule has 4 nitrogen and oxygen atoms in total. The molecule has 0 aliphatic heterocycles. The lowest BCUT2D eigenvalue weighted by Gasteiger charge is -2.28. The van der Waals surface area contributed by atoms with Crippen LogP contribution in [0, 0.1) is 13.8 Å². The Bertz CT molecular complexity index is 962. The number of benzene rings is 3. The van der Waals surface area contributed by atoms with Crippen LogP contribution in [0.2, 0.25) is 0 Å². The van der Waals surface area contributed by atoms with E-state index in [4.69, 9.17) is 12.2 Å². The van der Waals surface area contributed by atoms with Crippen molar-refractivity contribution in [3.05, 3.63) is 101 Å². The largest absolute Gasteiger partial charge is 0.352 e. The maximum absolute atomic E-state index is 12.8. The third-order valence-corrected chi connectivity index (χ3v) is 5.66. The van der Waals surface area contributed by atoms with Crippen LogP contribution in [0.15, 0.2) is 78.9 Å². The van der Waals surface area contributed by atoms with Crippen molar-refractivity contribution in [2.45, 2.75) is 26.8 Å². The SMILES string of the molecule is CCN(CC(=O)Nc1c(C)cccc1C)C(=S)NC(c1ccccc1)c1ccccc1. The first kappa shape index (κ1) is 22.5. The summed E-state index contributed by atoms with van der Waals surface area (Å²) in [7, 11) is 0. The fraction of sp³-hybridized carbons (Fsp3) is 0.231. The first-order chi connectivity index (χ1) is 15.0. The van der Waals surface area contributed by atoms with Crippen molar-refractivity contribution in [3.63, 3.8) is 0 Å². The molecule has 0 atom stereocenters. The highest BCUT2D eigenvalue weighted by Crippen LogP contribution is 2.22. The van der Waals surface area contributed by atoms with E-state index in [0.717, 1.165) is 27.9 Å². The summed E-state index contributed by atoms with van der Waals surface area (Å²) in [6.07, 6.45) is 0. The highest BCUT2D eigenvalue weighted by atomic mass is 32.1. The van der Waals surface area contributed by atoms with E-state index in [-0.39, 0.29) is 18.5 Å². The molecule has 160 valence electrons. The predicted molar refractivity (Wildman–Crippen MR) is 132 cm³/mol. The smallest absolute Gasteiger partial charge is 0.243 e. The van der Waals surface area contributed by atoms with Crippen LogP contribution in [-0.4, -0.2) is 29.0 Å². The van der Waals surface area contributed by atoms with Gasteiger partial charge in [0.25, 0.3) is 0 Å². The molecule has 0 bridgehead atoms. The fourth-order valence-corrected chi connectivity index (χ4v) is 3.87. The Hall–Kier alpha value is -3.18. The van der Waals surface area contributed by atoms with Crippen molar-refractivity contribution in [1.82, 2.24) is 10.2 Å². The lowest BCUT2D eigenvalue weighted by molar-refractivity contribution is -0.116. The molecule has 1 amide bonds. The number of nitrogens with one attached hydrogen (secondary N) is 2. The number of anilines is 1. The molecular formula is C26H29N3OS. The summed E-state index contributed by atoms with van der Waals surface area (Å²) in [5.41, 5.74) is 5.20. The molecule has 0 fully saturated rings. The van der Waals surface area contributed by atoms with E-state index in [0.29, 0.717) is 11.7 Å². The van der Waals surface area contributed by atoms with Gasteiger partial charge in [-0.3, -0.25) is 4.79 Å². The standard InChI is InChI=1S/C26H29N3OS/c1-4-29(18-23(30)27-24-19(2)12-11-13-20(24)3)26(31)28-25(21-14-7-5-8-15-21)22-16-9-6-10-17-22/h5-17,25H,4,18H2,1-3H3,(H,27,30)(H,28,31). The highest BCUT2D eigenvalue weighted by Gasteiger charge is 2.19. The van der Waals surface area contributed by atoms with Crippen molar-refractivity contribution in [1.29, 1.82) is 0 Å². The molecule has 0 saturated heterocycles. The number of nitrogens with zero attached hydrogens (tertiary/aromatic N) is 1. The van der Waals surface area contributed by atoms with Crippen LogP contribution in [-0.2, 0) is 4.79 Å². The zero-order valence-electron chi connectivity index (χ0n) is 18.3. The van der Waals surface area contributed by atoms with Gasteiger partial charge in [-0.1, -0.05) is 78.9 Å². The summed E-state index contributed by atoms with van der Waals surface area (Å²) in [5, 5.41) is 7.07. The van der Waals surface area contributed by atoms with E-state index in [2.05, 4.69) is 34.9 Å². The van der Waals surface area contributed by atoms with Gasteiger partial charge in [0, 0.05) is 12.2 Å². The van der Waals surface area contributed by atoms with Crippen molar-refractivity contribution < 1.29 is 4.79 Å². The summed E-state index contributed by atoms with van der Waals surface area (Å²) in [6.45, 7) is 6.81. The van der Waals surface area contributed by atoms with Crippen LogP contribution in [0.25, 0.3) is 0 Å². The number of hydrogen-bond acceptors (Lipinski definition) is 2. The second kappa shape index (κ2) is 10.7. The second-order valence-corrected chi connectivity index (χ2v) is 7.92. The van der Waals surface area contributed by atoms with Gasteiger partial charge in [-0.2, -0.15) is 0 Å². The minimum atomic E-state index is -0.0920. The maximum atomic E-state index is 12.8. The van der Waals surface area contributed by atoms with Gasteiger partial charge in [0.15, 0.2) is 5.11 Å². The number of rotatable bonds is 7. The van der Waals surface area contributed by atoms with Gasteiger partial charge in [0.05, 0.1) is 12.6 Å². The van der Waals surface area contributed by atoms with Gasteiger partial charge < -0.3 is 15.5 Å². The quantitative estimate of drug-likeness (QED) is 0.503. The van der Waals surface area contributed by atoms with Crippen LogP contribution < -0.4 is 10.6 Å². The lowest BCUT2D eigenvalue weighted by atomic mass is 9.99. The Balaban J connectivity index is 1.73. The minimum absolute atomic E-state index is 0.0839. The maximum Gasteiger partial charge on any atom is 0.243 e. The third-order valence-electron chi connectivity index (χ3n) is 5.28. The molecule has 3 aromatic rings. The van der Waals surface area contributed by atoms with E-state index < -0.39 is 0 Å². The molecule has 0 aromatic heterocycles. The Morgan fingerprint density at radius 3 is 1.87 bits per heavy atom. The normalized spacial score (nSPS) is 10.6. The number of likely N-dealkylation sites (N-methyl/N-ethyl adjacent to an activating group) is 1. The molecule has 5 heteroatoms. The van der Waals surface area contributed by atoms with Gasteiger partial charge in [-0.05, 0) is 55.2 Å². The van der Waals surface area contributed by atoms with Gasteiger partial charge >= 0.3 is 0 Å². The number of aryl methyl sites for hydroxylation is 2. The highest BCUT2D eigenvalue weighted by molar-refractivity contribution is 7.80. The number of carbonyl (C=O) groups is 1. The average molecular weight is 432 g/mol. The molecule has 0 heterocycles. The summed E-state index contributed by atoms with van der Waals surface area (Å²) in [4.78, 5) is 14.7. The molecule has 0 saturated carbocycles. The first-order valence-electron chi connectivity index (χ1n) is 10.5. The molecule has 0 unspecified atom stereocenters. The predicted octanol–water partition coefficient (Wildman–Crippen LogP) is 5.23. The van der Waals surface area contributed by atoms with Crippen molar-refractivity contribution in [2.75, 3.05) is 18.4 Å². The van der Waals surface area contributed by atoms with Crippen molar-refractivity contribution in [3.8, 4) is 0 Å². The first-order valence-corrected chi connectivity index (χ1v) is 10.9. The topological polar surface area (TPSA) is 44.4 Å². The summed E-state index contributed by atoms with van der Waals surface area (Å²) >= 11 is 5.72. The minimum Gasteiger partial charge on any atom is -0.352 e. The number of thiocarbonyl (C=S) groups is 1. The van der Waals surface area contributed by atoms with Crippen molar-refractivity contribution >= 4 is 28.9 Å². The second-order valence-electron chi connectivity index (χ2n) is 7.53. The van der Waals surface area contributed by atoms with Gasteiger partial charge in [-0.25, -0.2) is 0 Å². The number of hydrogen-bond donors (Lipinski definition) is 2. The molecular weight excluding hydrogens is 402 g/mol. The number of amides is 1. The molecule has 0 aliphatic carbocycles. The summed E-state index contributed by atoms with van der Waals surface area (Å²) in [5.74, 6) is -0.0839. The number of para-hydroxylation sites is 1. The zero-order valence-corrected chi connectivity index (χ0v) is 19.1. The third kappa shape index (κ3) is 5.92. The Labute approximate surface area is 190 Å². The molecule has 0 radical (unpaired) electrons. The van der Waals surface area contributed by atoms with Gasteiger partial charge in [0.2, 0.25) is 5.91 Å². The molecule has 3 rings (SSSR count). The van der Waals surface area contributed by atoms with Crippen LogP contribution >= 0.6 is 12.2 Å². The Morgan fingerprint density at radius 2 is 1.39 bits per heavy atom. The lowest BCUT2D eigenvalue weighted by Crippen LogP contribution is -2.45. The van der Waals surface area contributed by atoms with Gasteiger partial charge in [0.1, 0.15) is 0 Å². The van der Waals surface area contributed by atoms with Crippen molar-refractivity contribution in [2.24, 2.45) is 0 Å². The van der Waals surface area contributed by atoms with Gasteiger partial charge in [-0.15, -0.1) is 0 Å². The fourth-order valence-electron chi connectivity index (χ4n) is 3.56. The van der Waals surface area contributed by atoms with E-state index in [1.807, 2.05) is 80.3 Å². The molecule has 3 aromatic carbocycles. The van der Waals surface area contributed by atoms with Crippen LogP contribution in [0.1, 0.15) is 35.2 Å². The van der Waals surface area contributed by atoms with E-state index in [1.165, 1.54) is 0 Å². The summed E-state index contributed by atoms with van der Waals surface area (Å²) in [6, 6.07) is 26.3. The van der Waals surface area contributed by atoms with E-state index >= 15 is 0 Å². The van der Waals surface area contributed by atoms with E-state index in [9.17, 15) is 4.79 Å². The monoisotopic (exact) mass is 431 g/mol. The molecule has 0 aliphatic rings. The van der Waals surface area contributed by atoms with E-state index in [1.54, 1.807) is 0 Å². The molecule has 2 N–H and O–H groups in total. The zero-order chi connectivity index (χ0) is 22.2. The van der Waals surface area contributed by atoms with Crippen LogP contribution in [0.3, 0.4) is 0 Å². The molecule has 0 spiro atoms. The molecule has 31 heavy (non-hydrogen) atoms.